The molecule has 0 spiro atoms. The van der Waals surface area contributed by atoms with Crippen LogP contribution in [-0.4, -0.2) is 17.1 Å². The Morgan fingerprint density at radius 2 is 1.67 bits per heavy atom. The van der Waals surface area contributed by atoms with Gasteiger partial charge in [-0.2, -0.15) is 0 Å². The molecule has 0 saturated heterocycles. The van der Waals surface area contributed by atoms with E-state index in [9.17, 15) is 4.79 Å². The molecule has 1 atom stereocenters. The van der Waals surface area contributed by atoms with Gasteiger partial charge in [0.25, 0.3) is 0 Å². The maximum atomic E-state index is 10.7. The Labute approximate surface area is 124 Å². The van der Waals surface area contributed by atoms with Crippen LogP contribution in [0.15, 0.2) is 48.5 Å². The molecular formula is C17H20N2O2. The zero-order chi connectivity index (χ0) is 15.2. The third kappa shape index (κ3) is 4.61. The zero-order valence-electron chi connectivity index (χ0n) is 12.0. The minimum absolute atomic E-state index is 0.348. The number of carboxylic acid groups (broad SMARTS) is 1. The van der Waals surface area contributed by atoms with Gasteiger partial charge >= 0.3 is 5.97 Å². The molecule has 2 aromatic rings. The van der Waals surface area contributed by atoms with E-state index in [0.717, 1.165) is 23.4 Å². The largest absolute Gasteiger partial charge is 0.480 e. The summed E-state index contributed by atoms with van der Waals surface area (Å²) >= 11 is 0. The molecule has 0 amide bonds. The average molecular weight is 284 g/mol. The molecule has 4 N–H and O–H groups in total. The number of rotatable bonds is 6. The number of nitrogens with one attached hydrogen (secondary N) is 1. The molecule has 2 aromatic carbocycles. The summed E-state index contributed by atoms with van der Waals surface area (Å²) in [5, 5.41) is 12.1. The lowest BCUT2D eigenvalue weighted by molar-refractivity contribution is -0.138. The molecule has 0 saturated carbocycles. The summed E-state index contributed by atoms with van der Waals surface area (Å²) in [6, 6.07) is 15.2. The van der Waals surface area contributed by atoms with E-state index in [1.165, 1.54) is 5.56 Å². The number of anilines is 1. The second-order valence-electron chi connectivity index (χ2n) is 5.18. The molecule has 0 aromatic heterocycles. The average Bonchev–Trinajstić information content (AvgIpc) is 2.48. The van der Waals surface area contributed by atoms with E-state index in [0.29, 0.717) is 6.42 Å². The van der Waals surface area contributed by atoms with Gasteiger partial charge in [-0.05, 0) is 36.6 Å². The minimum atomic E-state index is -0.972. The summed E-state index contributed by atoms with van der Waals surface area (Å²) in [4.78, 5) is 10.7. The van der Waals surface area contributed by atoms with Crippen LogP contribution >= 0.6 is 0 Å². The van der Waals surface area contributed by atoms with Crippen molar-refractivity contribution in [1.29, 1.82) is 0 Å². The monoisotopic (exact) mass is 284 g/mol. The van der Waals surface area contributed by atoms with Crippen LogP contribution in [0.4, 0.5) is 5.69 Å². The second kappa shape index (κ2) is 6.90. The number of carboxylic acids is 1. The maximum absolute atomic E-state index is 10.7. The molecular weight excluding hydrogens is 264 g/mol. The predicted molar refractivity (Wildman–Crippen MR) is 84.3 cm³/mol. The quantitative estimate of drug-likeness (QED) is 0.762. The fourth-order valence-corrected chi connectivity index (χ4v) is 2.01. The number of carbonyl (C=O) groups is 1. The first-order valence-corrected chi connectivity index (χ1v) is 6.91. The Balaban J connectivity index is 1.90. The van der Waals surface area contributed by atoms with Crippen LogP contribution in [0.25, 0.3) is 0 Å². The van der Waals surface area contributed by atoms with Crippen molar-refractivity contribution in [3.8, 4) is 0 Å². The molecule has 0 unspecified atom stereocenters. The molecule has 0 fully saturated rings. The van der Waals surface area contributed by atoms with Gasteiger partial charge < -0.3 is 16.2 Å². The van der Waals surface area contributed by atoms with Crippen LogP contribution in [0.5, 0.6) is 0 Å². The highest BCUT2D eigenvalue weighted by atomic mass is 16.4. The normalized spacial score (nSPS) is 11.9. The van der Waals surface area contributed by atoms with E-state index in [2.05, 4.69) is 36.5 Å². The molecule has 0 radical (unpaired) electrons. The highest BCUT2D eigenvalue weighted by Crippen LogP contribution is 2.12. The lowest BCUT2D eigenvalue weighted by atomic mass is 10.0. The van der Waals surface area contributed by atoms with Gasteiger partial charge in [0.05, 0.1) is 0 Å². The van der Waals surface area contributed by atoms with E-state index in [4.69, 9.17) is 10.8 Å². The topological polar surface area (TPSA) is 75.3 Å². The van der Waals surface area contributed by atoms with Crippen molar-refractivity contribution in [1.82, 2.24) is 0 Å². The van der Waals surface area contributed by atoms with E-state index in [1.54, 1.807) is 0 Å². The Morgan fingerprint density at radius 3 is 2.24 bits per heavy atom. The number of aryl methyl sites for hydroxylation is 1. The number of aliphatic carboxylic acids is 1. The van der Waals surface area contributed by atoms with Crippen molar-refractivity contribution < 1.29 is 9.90 Å². The molecule has 4 nitrogen and oxygen atoms in total. The molecule has 2 rings (SSSR count). The lowest BCUT2D eigenvalue weighted by Gasteiger charge is -2.09. The SMILES string of the molecule is Cc1ccc(NCc2ccc(C[C@H](N)C(=O)O)cc2)cc1. The van der Waals surface area contributed by atoms with Gasteiger partial charge in [0.2, 0.25) is 0 Å². The molecule has 0 aliphatic rings. The van der Waals surface area contributed by atoms with Crippen LogP contribution in [0.1, 0.15) is 16.7 Å². The Kier molecular flexibility index (Phi) is 4.95. The minimum Gasteiger partial charge on any atom is -0.480 e. The Hall–Kier alpha value is -2.33. The first-order valence-electron chi connectivity index (χ1n) is 6.91. The van der Waals surface area contributed by atoms with Gasteiger partial charge in [-0.25, -0.2) is 0 Å². The summed E-state index contributed by atoms with van der Waals surface area (Å²) < 4.78 is 0. The highest BCUT2D eigenvalue weighted by Gasteiger charge is 2.11. The first-order chi connectivity index (χ1) is 10.0. The van der Waals surface area contributed by atoms with Crippen LogP contribution < -0.4 is 11.1 Å². The first kappa shape index (κ1) is 15.1. The third-order valence-electron chi connectivity index (χ3n) is 3.34. The van der Waals surface area contributed by atoms with Gasteiger partial charge in [-0.3, -0.25) is 4.79 Å². The number of hydrogen-bond acceptors (Lipinski definition) is 3. The van der Waals surface area contributed by atoms with E-state index in [1.807, 2.05) is 24.3 Å². The van der Waals surface area contributed by atoms with Crippen molar-refractivity contribution in [3.05, 3.63) is 65.2 Å². The molecule has 21 heavy (non-hydrogen) atoms. The fourth-order valence-electron chi connectivity index (χ4n) is 2.01. The van der Waals surface area contributed by atoms with Gasteiger partial charge in [0.15, 0.2) is 0 Å². The third-order valence-corrected chi connectivity index (χ3v) is 3.34. The van der Waals surface area contributed by atoms with Crippen LogP contribution in [0.2, 0.25) is 0 Å². The summed E-state index contributed by atoms with van der Waals surface area (Å²) in [5.74, 6) is -0.972. The lowest BCUT2D eigenvalue weighted by Crippen LogP contribution is -2.32. The molecule has 110 valence electrons. The van der Waals surface area contributed by atoms with E-state index in [-0.39, 0.29) is 0 Å². The second-order valence-corrected chi connectivity index (χ2v) is 5.18. The molecule has 0 bridgehead atoms. The van der Waals surface area contributed by atoms with Gasteiger partial charge in [-0.15, -0.1) is 0 Å². The van der Waals surface area contributed by atoms with Crippen molar-refractivity contribution in [3.63, 3.8) is 0 Å². The Bertz CT molecular complexity index is 591. The smallest absolute Gasteiger partial charge is 0.320 e. The molecule has 0 aliphatic heterocycles. The summed E-state index contributed by atoms with van der Waals surface area (Å²) in [6.45, 7) is 2.79. The van der Waals surface area contributed by atoms with E-state index < -0.39 is 12.0 Å². The van der Waals surface area contributed by atoms with Gasteiger partial charge in [0, 0.05) is 12.2 Å². The van der Waals surface area contributed by atoms with Gasteiger partial charge in [-0.1, -0.05) is 42.0 Å². The summed E-state index contributed by atoms with van der Waals surface area (Å²) in [5.41, 5.74) is 9.91. The zero-order valence-corrected chi connectivity index (χ0v) is 12.0. The number of benzene rings is 2. The van der Waals surface area contributed by atoms with Crippen molar-refractivity contribution in [2.75, 3.05) is 5.32 Å². The van der Waals surface area contributed by atoms with Crippen LogP contribution in [-0.2, 0) is 17.8 Å². The predicted octanol–water partition coefficient (Wildman–Crippen LogP) is 2.56. The molecule has 0 aliphatic carbocycles. The van der Waals surface area contributed by atoms with E-state index >= 15 is 0 Å². The van der Waals surface area contributed by atoms with Crippen molar-refractivity contribution in [2.45, 2.75) is 25.9 Å². The standard InChI is InChI=1S/C17H20N2O2/c1-12-2-8-15(9-3-12)19-11-14-6-4-13(5-7-14)10-16(18)17(20)21/h2-9,16,19H,10-11,18H2,1H3,(H,20,21)/t16-/m0/s1. The molecule has 0 heterocycles. The summed E-state index contributed by atoms with van der Waals surface area (Å²) in [7, 11) is 0. The highest BCUT2D eigenvalue weighted by molar-refractivity contribution is 5.73. The van der Waals surface area contributed by atoms with Crippen molar-refractivity contribution >= 4 is 11.7 Å². The van der Waals surface area contributed by atoms with Gasteiger partial charge in [0.1, 0.15) is 6.04 Å². The fraction of sp³-hybridized carbons (Fsp3) is 0.235. The number of hydrogen-bond donors (Lipinski definition) is 3. The Morgan fingerprint density at radius 1 is 1.10 bits per heavy atom. The van der Waals surface area contributed by atoms with Crippen LogP contribution in [0, 0.1) is 6.92 Å². The summed E-state index contributed by atoms with van der Waals surface area (Å²) in [6.07, 6.45) is 0.348. The number of nitrogens with two attached hydrogens (primary N) is 1. The van der Waals surface area contributed by atoms with Crippen molar-refractivity contribution in [2.24, 2.45) is 5.73 Å². The van der Waals surface area contributed by atoms with Crippen LogP contribution in [0.3, 0.4) is 0 Å². The molecule has 4 heteroatoms. The maximum Gasteiger partial charge on any atom is 0.320 e.